The van der Waals surface area contributed by atoms with Gasteiger partial charge < -0.3 is 21.1 Å². The highest BCUT2D eigenvalue weighted by molar-refractivity contribution is 5.99. The predicted molar refractivity (Wildman–Crippen MR) is 104 cm³/mol. The van der Waals surface area contributed by atoms with Crippen molar-refractivity contribution in [3.63, 3.8) is 0 Å². The Morgan fingerprint density at radius 1 is 1.36 bits per heavy atom. The molecule has 154 valence electrons. The van der Waals surface area contributed by atoms with Crippen LogP contribution < -0.4 is 11.1 Å². The summed E-state index contributed by atoms with van der Waals surface area (Å²) >= 11 is 0. The molecule has 1 atom stereocenters. The Hall–Kier alpha value is -2.15. The van der Waals surface area contributed by atoms with Crippen molar-refractivity contribution < 1.29 is 19.1 Å². The average Bonchev–Trinajstić information content (AvgIpc) is 2.99. The minimum Gasteiger partial charge on any atom is -0.505 e. The monoisotopic (exact) mass is 391 g/mol. The third-order valence-electron chi connectivity index (χ3n) is 6.34. The molecular weight excluding hydrogens is 361 g/mol. The first kappa shape index (κ1) is 20.6. The lowest BCUT2D eigenvalue weighted by Crippen LogP contribution is -2.36. The molecule has 4 N–H and O–H groups in total. The summed E-state index contributed by atoms with van der Waals surface area (Å²) < 4.78 is 14.1. The lowest BCUT2D eigenvalue weighted by atomic mass is 9.74. The molecule has 1 fully saturated rings. The Morgan fingerprint density at radius 2 is 2.07 bits per heavy atom. The molecule has 0 aromatic heterocycles. The van der Waals surface area contributed by atoms with Gasteiger partial charge in [-0.05, 0) is 61.6 Å². The Bertz CT molecular complexity index is 732. The Labute approximate surface area is 165 Å². The normalized spacial score (nSPS) is 22.9. The van der Waals surface area contributed by atoms with Crippen molar-refractivity contribution in [2.24, 2.45) is 23.5 Å². The number of phenolic OH excluding ortho intramolecular Hbond substituents is 1. The maximum Gasteiger partial charge on any atom is 0.257 e. The number of fused-ring (bicyclic) bond motifs is 1. The van der Waals surface area contributed by atoms with Crippen LogP contribution in [0.4, 0.5) is 4.39 Å². The fourth-order valence-corrected chi connectivity index (χ4v) is 4.73. The molecule has 1 aliphatic carbocycles. The first-order chi connectivity index (χ1) is 13.4. The number of nitrogens with zero attached hydrogens (tertiary/aromatic N) is 1. The molecule has 28 heavy (non-hydrogen) atoms. The van der Waals surface area contributed by atoms with Crippen molar-refractivity contribution in [1.82, 2.24) is 10.2 Å². The summed E-state index contributed by atoms with van der Waals surface area (Å²) in [5.74, 6) is -0.361. The van der Waals surface area contributed by atoms with Crippen LogP contribution in [0.5, 0.6) is 5.75 Å². The quantitative estimate of drug-likeness (QED) is 0.634. The number of phenols is 1. The summed E-state index contributed by atoms with van der Waals surface area (Å²) in [6, 6.07) is 2.95. The number of aromatic hydroxyl groups is 1. The van der Waals surface area contributed by atoms with Gasteiger partial charge >= 0.3 is 0 Å². The molecule has 0 radical (unpaired) electrons. The fourth-order valence-electron chi connectivity index (χ4n) is 4.73. The SMILES string of the molecule is CCC(CNCC(N)=O)C1CCC(CN2Cc3ccc(O)c(F)c3C2=O)CC1. The van der Waals surface area contributed by atoms with Crippen molar-refractivity contribution in [3.8, 4) is 5.75 Å². The van der Waals surface area contributed by atoms with Crippen LogP contribution in [-0.4, -0.2) is 41.5 Å². The van der Waals surface area contributed by atoms with Gasteiger partial charge in [0.1, 0.15) is 0 Å². The van der Waals surface area contributed by atoms with Crippen molar-refractivity contribution in [2.45, 2.75) is 45.6 Å². The van der Waals surface area contributed by atoms with E-state index in [1.54, 1.807) is 11.0 Å². The van der Waals surface area contributed by atoms with Crippen molar-refractivity contribution in [2.75, 3.05) is 19.6 Å². The molecule has 0 bridgehead atoms. The number of hydrogen-bond acceptors (Lipinski definition) is 4. The van der Waals surface area contributed by atoms with E-state index in [1.165, 1.54) is 6.07 Å². The van der Waals surface area contributed by atoms with Crippen molar-refractivity contribution in [1.29, 1.82) is 0 Å². The van der Waals surface area contributed by atoms with Crippen LogP contribution in [0.3, 0.4) is 0 Å². The van der Waals surface area contributed by atoms with E-state index in [-0.39, 0.29) is 23.9 Å². The van der Waals surface area contributed by atoms with Gasteiger partial charge in [0, 0.05) is 13.1 Å². The van der Waals surface area contributed by atoms with Gasteiger partial charge in [0.05, 0.1) is 12.1 Å². The molecule has 1 aromatic carbocycles. The lowest BCUT2D eigenvalue weighted by molar-refractivity contribution is -0.117. The number of benzene rings is 1. The summed E-state index contributed by atoms with van der Waals surface area (Å²) in [6.07, 6.45) is 5.36. The van der Waals surface area contributed by atoms with E-state index in [9.17, 15) is 19.1 Å². The molecular formula is C21H30FN3O3. The zero-order valence-electron chi connectivity index (χ0n) is 16.4. The minimum atomic E-state index is -0.803. The Balaban J connectivity index is 1.50. The second-order valence-corrected chi connectivity index (χ2v) is 8.16. The molecule has 1 aliphatic heterocycles. The molecule has 1 saturated carbocycles. The van der Waals surface area contributed by atoms with Gasteiger partial charge in [0.15, 0.2) is 11.6 Å². The molecule has 7 heteroatoms. The Kier molecular flexibility index (Phi) is 6.54. The molecule has 1 unspecified atom stereocenters. The summed E-state index contributed by atoms with van der Waals surface area (Å²) in [5.41, 5.74) is 5.87. The molecule has 0 spiro atoms. The van der Waals surface area contributed by atoms with Crippen LogP contribution in [0.2, 0.25) is 0 Å². The van der Waals surface area contributed by atoms with Crippen LogP contribution in [0.1, 0.15) is 54.9 Å². The minimum absolute atomic E-state index is 0.0280. The van der Waals surface area contributed by atoms with Crippen LogP contribution in [0.15, 0.2) is 12.1 Å². The van der Waals surface area contributed by atoms with E-state index in [0.717, 1.165) is 38.6 Å². The standard InChI is InChI=1S/C21H30FN3O3/c1-2-14(9-24-10-18(23)27)15-5-3-13(4-6-15)11-25-12-16-7-8-17(26)20(22)19(16)21(25)28/h7-8,13-15,24,26H,2-6,9-12H2,1H3,(H2,23,27). The second-order valence-electron chi connectivity index (χ2n) is 8.16. The lowest BCUT2D eigenvalue weighted by Gasteiger charge is -2.35. The van der Waals surface area contributed by atoms with Gasteiger partial charge in [-0.2, -0.15) is 0 Å². The van der Waals surface area contributed by atoms with E-state index in [4.69, 9.17) is 5.73 Å². The molecule has 6 nitrogen and oxygen atoms in total. The zero-order chi connectivity index (χ0) is 20.3. The van der Waals surface area contributed by atoms with Crippen LogP contribution in [-0.2, 0) is 11.3 Å². The topological polar surface area (TPSA) is 95.7 Å². The maximum atomic E-state index is 14.1. The largest absolute Gasteiger partial charge is 0.505 e. The second kappa shape index (κ2) is 8.90. The third kappa shape index (κ3) is 4.46. The summed E-state index contributed by atoms with van der Waals surface area (Å²) in [7, 11) is 0. The van der Waals surface area contributed by atoms with Gasteiger partial charge in [-0.3, -0.25) is 9.59 Å². The van der Waals surface area contributed by atoms with E-state index >= 15 is 0 Å². The smallest absolute Gasteiger partial charge is 0.257 e. The highest BCUT2D eigenvalue weighted by Crippen LogP contribution is 2.37. The summed E-state index contributed by atoms with van der Waals surface area (Å²) in [6.45, 7) is 4.25. The van der Waals surface area contributed by atoms with E-state index < -0.39 is 11.6 Å². The summed E-state index contributed by atoms with van der Waals surface area (Å²) in [4.78, 5) is 25.2. The molecule has 1 aromatic rings. The van der Waals surface area contributed by atoms with E-state index in [0.29, 0.717) is 36.4 Å². The van der Waals surface area contributed by atoms with Crippen LogP contribution in [0.25, 0.3) is 0 Å². The first-order valence-corrected chi connectivity index (χ1v) is 10.2. The number of amides is 2. The molecule has 0 saturated heterocycles. The number of carbonyl (C=O) groups is 2. The number of rotatable bonds is 8. The average molecular weight is 391 g/mol. The molecule has 2 amide bonds. The van der Waals surface area contributed by atoms with E-state index in [1.807, 2.05) is 0 Å². The molecule has 2 aliphatic rings. The summed E-state index contributed by atoms with van der Waals surface area (Å²) in [5, 5.41) is 12.7. The van der Waals surface area contributed by atoms with Gasteiger partial charge in [-0.1, -0.05) is 19.4 Å². The van der Waals surface area contributed by atoms with Gasteiger partial charge in [0.25, 0.3) is 5.91 Å². The number of nitrogens with two attached hydrogens (primary N) is 1. The van der Waals surface area contributed by atoms with Gasteiger partial charge in [-0.25, -0.2) is 4.39 Å². The molecule has 3 rings (SSSR count). The number of primary amides is 1. The maximum absolute atomic E-state index is 14.1. The van der Waals surface area contributed by atoms with Crippen LogP contribution >= 0.6 is 0 Å². The third-order valence-corrected chi connectivity index (χ3v) is 6.34. The van der Waals surface area contributed by atoms with Crippen LogP contribution in [0, 0.1) is 23.6 Å². The van der Waals surface area contributed by atoms with Gasteiger partial charge in [0.2, 0.25) is 5.91 Å². The number of carbonyl (C=O) groups excluding carboxylic acids is 2. The highest BCUT2D eigenvalue weighted by atomic mass is 19.1. The van der Waals surface area contributed by atoms with Crippen molar-refractivity contribution >= 4 is 11.8 Å². The highest BCUT2D eigenvalue weighted by Gasteiger charge is 2.34. The predicted octanol–water partition coefficient (Wildman–Crippen LogP) is 2.39. The van der Waals surface area contributed by atoms with E-state index in [2.05, 4.69) is 12.2 Å². The van der Waals surface area contributed by atoms with Gasteiger partial charge in [-0.15, -0.1) is 0 Å². The number of hydrogen-bond donors (Lipinski definition) is 3. The number of nitrogens with one attached hydrogen (secondary N) is 1. The Morgan fingerprint density at radius 3 is 2.71 bits per heavy atom. The first-order valence-electron chi connectivity index (χ1n) is 10.2. The fraction of sp³-hybridized carbons (Fsp3) is 0.619. The molecule has 1 heterocycles. The number of halogens is 1. The zero-order valence-corrected chi connectivity index (χ0v) is 16.4. The van der Waals surface area contributed by atoms with Crippen molar-refractivity contribution in [3.05, 3.63) is 29.1 Å².